The van der Waals surface area contributed by atoms with Crippen LogP contribution in [0.3, 0.4) is 0 Å². The molecule has 0 unspecified atom stereocenters. The maximum Gasteiger partial charge on any atom is 0.141 e. The first-order chi connectivity index (χ1) is 8.87. The highest BCUT2D eigenvalue weighted by molar-refractivity contribution is 5.47. The van der Waals surface area contributed by atoms with E-state index in [0.29, 0.717) is 13.1 Å². The van der Waals surface area contributed by atoms with Crippen LogP contribution in [-0.4, -0.2) is 23.6 Å². The predicted molar refractivity (Wildman–Crippen MR) is 78.9 cm³/mol. The van der Waals surface area contributed by atoms with Crippen LogP contribution in [-0.2, 0) is 6.54 Å². The lowest BCUT2D eigenvalue weighted by Crippen LogP contribution is -2.36. The third-order valence-corrected chi connectivity index (χ3v) is 2.75. The van der Waals surface area contributed by atoms with E-state index in [2.05, 4.69) is 49.5 Å². The first-order valence-electron chi connectivity index (χ1n) is 6.62. The zero-order chi connectivity index (χ0) is 14.5. The molecule has 1 aromatic rings. The monoisotopic (exact) mass is 265 g/mol. The Morgan fingerprint density at radius 2 is 2.16 bits per heavy atom. The Hall–Kier alpha value is -1.42. The highest BCUT2D eigenvalue weighted by Crippen LogP contribution is 2.19. The van der Waals surface area contributed by atoms with Gasteiger partial charge >= 0.3 is 0 Å². The highest BCUT2D eigenvalue weighted by Gasteiger charge is 2.14. The molecule has 4 heteroatoms. The Labute approximate surface area is 115 Å². The van der Waals surface area contributed by atoms with Gasteiger partial charge in [0.1, 0.15) is 11.6 Å². The molecule has 0 spiro atoms. The van der Waals surface area contributed by atoms with Gasteiger partial charge in [0.05, 0.1) is 6.20 Å². The van der Waals surface area contributed by atoms with Crippen molar-refractivity contribution in [2.75, 3.05) is 18.0 Å². The molecule has 106 valence electrons. The number of likely N-dealkylation sites (N-methyl/N-ethyl adjacent to an activating group) is 1. The van der Waals surface area contributed by atoms with E-state index in [1.165, 1.54) is 6.20 Å². The molecule has 0 saturated carbocycles. The van der Waals surface area contributed by atoms with Crippen molar-refractivity contribution < 1.29 is 4.39 Å². The van der Waals surface area contributed by atoms with Crippen LogP contribution in [0.1, 0.15) is 33.3 Å². The number of aromatic nitrogens is 1. The summed E-state index contributed by atoms with van der Waals surface area (Å²) >= 11 is 0. The van der Waals surface area contributed by atoms with Crippen LogP contribution in [0, 0.1) is 5.82 Å². The quantitative estimate of drug-likeness (QED) is 0.801. The lowest BCUT2D eigenvalue weighted by atomic mass is 10.1. The van der Waals surface area contributed by atoms with Crippen LogP contribution in [0.2, 0.25) is 0 Å². The largest absolute Gasteiger partial charge is 0.353 e. The van der Waals surface area contributed by atoms with E-state index in [9.17, 15) is 4.39 Å². The lowest BCUT2D eigenvalue weighted by molar-refractivity contribution is 0.423. The number of hydrogen-bond acceptors (Lipinski definition) is 3. The fourth-order valence-electron chi connectivity index (χ4n) is 1.77. The van der Waals surface area contributed by atoms with Crippen molar-refractivity contribution in [3.8, 4) is 0 Å². The molecule has 0 fully saturated rings. The van der Waals surface area contributed by atoms with Crippen LogP contribution < -0.4 is 10.2 Å². The normalized spacial score (nSPS) is 11.4. The predicted octanol–water partition coefficient (Wildman–Crippen LogP) is 3.12. The summed E-state index contributed by atoms with van der Waals surface area (Å²) in [6.45, 7) is 14.2. The molecule has 0 aliphatic rings. The molecule has 1 aromatic heterocycles. The lowest BCUT2D eigenvalue weighted by Gasteiger charge is -2.25. The summed E-state index contributed by atoms with van der Waals surface area (Å²) in [5.41, 5.74) is 0.859. The Kier molecular flexibility index (Phi) is 5.48. The molecule has 1 rings (SSSR count). The zero-order valence-electron chi connectivity index (χ0n) is 12.3. The van der Waals surface area contributed by atoms with Gasteiger partial charge in [-0.1, -0.05) is 6.08 Å². The molecule has 0 saturated heterocycles. The molecule has 0 atom stereocenters. The summed E-state index contributed by atoms with van der Waals surface area (Å²) < 4.78 is 13.4. The molecule has 3 nitrogen and oxygen atoms in total. The smallest absolute Gasteiger partial charge is 0.141 e. The average Bonchev–Trinajstić information content (AvgIpc) is 2.33. The molecule has 0 aromatic carbocycles. The van der Waals surface area contributed by atoms with E-state index >= 15 is 0 Å². The van der Waals surface area contributed by atoms with Gasteiger partial charge in [-0.25, -0.2) is 9.37 Å². The van der Waals surface area contributed by atoms with Crippen LogP contribution >= 0.6 is 0 Å². The molecule has 0 aliphatic heterocycles. The number of anilines is 1. The van der Waals surface area contributed by atoms with E-state index in [1.54, 1.807) is 6.07 Å². The number of nitrogens with one attached hydrogen (secondary N) is 1. The fraction of sp³-hybridized carbons (Fsp3) is 0.533. The van der Waals surface area contributed by atoms with Gasteiger partial charge in [0.2, 0.25) is 0 Å². The minimum absolute atomic E-state index is 0.0148. The van der Waals surface area contributed by atoms with Crippen molar-refractivity contribution in [3.05, 3.63) is 36.3 Å². The van der Waals surface area contributed by atoms with Crippen LogP contribution in [0.15, 0.2) is 24.9 Å². The molecule has 1 heterocycles. The standard InChI is InChI=1S/C15H24FN3/c1-6-8-19(7-2)14-12(9-13(16)11-17-14)10-18-15(3,4)5/h6,9,11,18H,1,7-8,10H2,2-5H3. The Bertz CT molecular complexity index is 424. The van der Waals surface area contributed by atoms with Crippen LogP contribution in [0.5, 0.6) is 0 Å². The summed E-state index contributed by atoms with van der Waals surface area (Å²) in [7, 11) is 0. The summed E-state index contributed by atoms with van der Waals surface area (Å²) in [5, 5.41) is 3.37. The van der Waals surface area contributed by atoms with Gasteiger partial charge in [-0.3, -0.25) is 0 Å². The number of hydrogen-bond donors (Lipinski definition) is 1. The Balaban J connectivity index is 2.99. The molecule has 0 radical (unpaired) electrons. The van der Waals surface area contributed by atoms with Crippen LogP contribution in [0.25, 0.3) is 0 Å². The maximum atomic E-state index is 13.4. The van der Waals surface area contributed by atoms with Gasteiger partial charge in [-0.2, -0.15) is 0 Å². The van der Waals surface area contributed by atoms with Gasteiger partial charge in [-0.05, 0) is 33.8 Å². The Morgan fingerprint density at radius 1 is 1.47 bits per heavy atom. The van der Waals surface area contributed by atoms with Gasteiger partial charge < -0.3 is 10.2 Å². The third kappa shape index (κ3) is 4.99. The van der Waals surface area contributed by atoms with Gasteiger partial charge in [0.15, 0.2) is 0 Å². The van der Waals surface area contributed by atoms with E-state index in [0.717, 1.165) is 17.9 Å². The van der Waals surface area contributed by atoms with Gasteiger partial charge in [0.25, 0.3) is 0 Å². The third-order valence-electron chi connectivity index (χ3n) is 2.75. The summed E-state index contributed by atoms with van der Waals surface area (Å²) in [6, 6.07) is 1.55. The van der Waals surface area contributed by atoms with Crippen LogP contribution in [0.4, 0.5) is 10.2 Å². The molecular weight excluding hydrogens is 241 g/mol. The van der Waals surface area contributed by atoms with Crippen molar-refractivity contribution in [1.29, 1.82) is 0 Å². The van der Waals surface area contributed by atoms with Crippen molar-refractivity contribution in [2.24, 2.45) is 0 Å². The molecule has 0 bridgehead atoms. The topological polar surface area (TPSA) is 28.2 Å². The summed E-state index contributed by atoms with van der Waals surface area (Å²) in [6.07, 6.45) is 3.09. The second kappa shape index (κ2) is 6.66. The number of pyridine rings is 1. The van der Waals surface area contributed by atoms with Gasteiger partial charge in [-0.15, -0.1) is 6.58 Å². The maximum absolute atomic E-state index is 13.4. The second-order valence-electron chi connectivity index (χ2n) is 5.57. The molecule has 0 aliphatic carbocycles. The Morgan fingerprint density at radius 3 is 2.68 bits per heavy atom. The van der Waals surface area contributed by atoms with Crippen molar-refractivity contribution >= 4 is 5.82 Å². The number of nitrogens with zero attached hydrogens (tertiary/aromatic N) is 2. The van der Waals surface area contributed by atoms with Gasteiger partial charge in [0, 0.05) is 30.7 Å². The molecule has 0 amide bonds. The van der Waals surface area contributed by atoms with Crippen molar-refractivity contribution in [2.45, 2.75) is 39.8 Å². The summed E-state index contributed by atoms with van der Waals surface area (Å²) in [4.78, 5) is 6.31. The molecule has 1 N–H and O–H groups in total. The fourth-order valence-corrected chi connectivity index (χ4v) is 1.77. The summed E-state index contributed by atoms with van der Waals surface area (Å²) in [5.74, 6) is 0.518. The number of halogens is 1. The molecule has 19 heavy (non-hydrogen) atoms. The highest BCUT2D eigenvalue weighted by atomic mass is 19.1. The van der Waals surface area contributed by atoms with Crippen molar-refractivity contribution in [3.63, 3.8) is 0 Å². The zero-order valence-corrected chi connectivity index (χ0v) is 12.3. The van der Waals surface area contributed by atoms with Crippen molar-refractivity contribution in [1.82, 2.24) is 10.3 Å². The first-order valence-corrected chi connectivity index (χ1v) is 6.62. The number of rotatable bonds is 6. The SMILES string of the molecule is C=CCN(CC)c1ncc(F)cc1CNC(C)(C)C. The second-order valence-corrected chi connectivity index (χ2v) is 5.57. The van der Waals surface area contributed by atoms with E-state index in [1.807, 2.05) is 6.08 Å². The minimum atomic E-state index is -0.302. The average molecular weight is 265 g/mol. The molecular formula is C15H24FN3. The van der Waals surface area contributed by atoms with E-state index < -0.39 is 0 Å². The minimum Gasteiger partial charge on any atom is -0.353 e. The van der Waals surface area contributed by atoms with E-state index in [4.69, 9.17) is 0 Å². The van der Waals surface area contributed by atoms with E-state index in [-0.39, 0.29) is 11.4 Å². The first kappa shape index (κ1) is 15.6.